The van der Waals surface area contributed by atoms with Crippen LogP contribution in [0.2, 0.25) is 0 Å². The minimum atomic E-state index is -4.03. The molecule has 0 unspecified atom stereocenters. The molecule has 3 amide bonds. The summed E-state index contributed by atoms with van der Waals surface area (Å²) in [5, 5.41) is 16.3. The molecule has 12 nitrogen and oxygen atoms in total. The number of benzene rings is 2. The molecule has 0 saturated heterocycles. The number of sulfone groups is 1. The third-order valence-electron chi connectivity index (χ3n) is 6.72. The van der Waals surface area contributed by atoms with Gasteiger partial charge in [0.2, 0.25) is 9.84 Å². The molecule has 0 radical (unpaired) electrons. The molecule has 48 heavy (non-hydrogen) atoms. The number of ether oxygens (including phenoxy) is 2. The molecule has 0 bridgehead atoms. The summed E-state index contributed by atoms with van der Waals surface area (Å²) in [6.45, 7) is 9.50. The molecule has 15 heteroatoms. The largest absolute Gasteiger partial charge is 0.466 e. The number of thioether (sulfide) groups is 1. The first-order valence-corrected chi connectivity index (χ1v) is 18.8. The Morgan fingerprint density at radius 3 is 2.44 bits per heavy atom. The summed E-state index contributed by atoms with van der Waals surface area (Å²) in [4.78, 5) is 36.4. The number of unbranched alkanes of at least 4 members (excludes halogenated alkanes) is 2. The number of nitrogens with two attached hydrogens (primary N) is 1. The van der Waals surface area contributed by atoms with Crippen LogP contribution in [0.3, 0.4) is 0 Å². The number of nitrogens with one attached hydrogen (secondary N) is 4. The Bertz CT molecular complexity index is 1740. The molecule has 1 heterocycles. The van der Waals surface area contributed by atoms with E-state index in [2.05, 4.69) is 16.0 Å². The molecule has 0 aliphatic rings. The van der Waals surface area contributed by atoms with Crippen LogP contribution in [0.1, 0.15) is 63.8 Å². The van der Waals surface area contributed by atoms with Gasteiger partial charge in [-0.15, -0.1) is 23.1 Å². The number of esters is 1. The number of nitrogen functional groups attached to an aromatic ring is 1. The molecule has 0 aliphatic carbocycles. The number of aryl methyl sites for hydroxylation is 1. The van der Waals surface area contributed by atoms with Crippen LogP contribution in [-0.4, -0.2) is 57.4 Å². The van der Waals surface area contributed by atoms with Gasteiger partial charge in [-0.2, -0.15) is 0 Å². The molecule has 0 atom stereocenters. The van der Waals surface area contributed by atoms with Gasteiger partial charge in [0.05, 0.1) is 25.5 Å². The van der Waals surface area contributed by atoms with Crippen molar-refractivity contribution < 1.29 is 32.3 Å². The van der Waals surface area contributed by atoms with E-state index in [4.69, 9.17) is 20.6 Å². The molecule has 2 aromatic carbocycles. The molecule has 3 rings (SSSR count). The fraction of sp³-hybridized carbons (Fsp3) is 0.394. The van der Waals surface area contributed by atoms with Gasteiger partial charge in [0, 0.05) is 29.9 Å². The fourth-order valence-corrected chi connectivity index (χ4v) is 8.63. The predicted molar refractivity (Wildman–Crippen MR) is 191 cm³/mol. The summed E-state index contributed by atoms with van der Waals surface area (Å²) in [6, 6.07) is 10.8. The Morgan fingerprint density at radius 1 is 1.06 bits per heavy atom. The lowest BCUT2D eigenvalue weighted by atomic mass is 9.98. The average molecular weight is 718 g/mol. The molecule has 3 aromatic rings. The number of amidine groups is 1. The molecule has 0 aliphatic heterocycles. The monoisotopic (exact) mass is 717 g/mol. The maximum absolute atomic E-state index is 13.9. The summed E-state index contributed by atoms with van der Waals surface area (Å²) in [6.07, 6.45) is 3.46. The summed E-state index contributed by atoms with van der Waals surface area (Å²) in [5.41, 5.74) is 8.43. The first-order chi connectivity index (χ1) is 22.5. The number of hydrogen-bond acceptors (Lipinski definition) is 11. The quantitative estimate of drug-likeness (QED) is 0.0311. The van der Waals surface area contributed by atoms with Crippen LogP contribution in [0.5, 0.6) is 0 Å². The molecular weight excluding hydrogens is 675 g/mol. The van der Waals surface area contributed by atoms with E-state index in [-0.39, 0.29) is 26.5 Å². The normalized spacial score (nSPS) is 11.5. The van der Waals surface area contributed by atoms with Gasteiger partial charge in [-0.1, -0.05) is 18.6 Å². The molecule has 6 N–H and O–H groups in total. The fourth-order valence-electron chi connectivity index (χ4n) is 4.69. The lowest BCUT2D eigenvalue weighted by Crippen LogP contribution is -2.36. The van der Waals surface area contributed by atoms with Crippen molar-refractivity contribution in [1.82, 2.24) is 10.6 Å². The van der Waals surface area contributed by atoms with Crippen LogP contribution < -0.4 is 21.7 Å². The number of alkyl carbamates (subject to hydrolysis) is 1. The van der Waals surface area contributed by atoms with Crippen molar-refractivity contribution >= 4 is 68.2 Å². The minimum absolute atomic E-state index is 0.0251. The van der Waals surface area contributed by atoms with E-state index < -0.39 is 27.6 Å². The van der Waals surface area contributed by atoms with Gasteiger partial charge in [-0.25, -0.2) is 18.0 Å². The number of carbonyl (C=O) groups is 3. The highest BCUT2D eigenvalue weighted by Gasteiger charge is 2.27. The Labute approximate surface area is 290 Å². The maximum atomic E-state index is 13.9. The number of anilines is 2. The van der Waals surface area contributed by atoms with Gasteiger partial charge >= 0.3 is 18.1 Å². The van der Waals surface area contributed by atoms with E-state index in [1.54, 1.807) is 64.3 Å². The highest BCUT2D eigenvalue weighted by Crippen LogP contribution is 2.39. The number of rotatable bonds is 13. The van der Waals surface area contributed by atoms with Crippen molar-refractivity contribution in [1.29, 1.82) is 5.41 Å². The lowest BCUT2D eigenvalue weighted by molar-refractivity contribution is -0.143. The van der Waals surface area contributed by atoms with E-state index in [0.29, 0.717) is 59.1 Å². The molecule has 0 fully saturated rings. The van der Waals surface area contributed by atoms with E-state index in [1.807, 2.05) is 6.92 Å². The van der Waals surface area contributed by atoms with Gasteiger partial charge in [-0.3, -0.25) is 15.5 Å². The maximum Gasteiger partial charge on any atom is 0.413 e. The van der Waals surface area contributed by atoms with Crippen molar-refractivity contribution in [2.75, 3.05) is 30.5 Å². The molecule has 0 saturated carbocycles. The minimum Gasteiger partial charge on any atom is -0.466 e. The zero-order valence-electron chi connectivity index (χ0n) is 27.9. The van der Waals surface area contributed by atoms with Crippen molar-refractivity contribution in [2.24, 2.45) is 0 Å². The number of thiophene rings is 1. The van der Waals surface area contributed by atoms with E-state index in [1.165, 1.54) is 23.9 Å². The lowest BCUT2D eigenvalue weighted by Gasteiger charge is -2.19. The molecule has 1 aromatic heterocycles. The van der Waals surface area contributed by atoms with Crippen LogP contribution in [-0.2, 0) is 24.1 Å². The highest BCUT2D eigenvalue weighted by atomic mass is 32.2. The van der Waals surface area contributed by atoms with Gasteiger partial charge in [0.25, 0.3) is 0 Å². The van der Waals surface area contributed by atoms with Gasteiger partial charge in [0.15, 0.2) is 0 Å². The summed E-state index contributed by atoms with van der Waals surface area (Å²) in [5.74, 6) is -0.487. The van der Waals surface area contributed by atoms with Crippen LogP contribution in [0.15, 0.2) is 56.5 Å². The number of hydrogen-bond donors (Lipinski definition) is 5. The number of urea groups is 1. The van der Waals surface area contributed by atoms with Crippen molar-refractivity contribution in [2.45, 2.75) is 79.9 Å². The molecule has 260 valence electrons. The van der Waals surface area contributed by atoms with Crippen molar-refractivity contribution in [3.05, 3.63) is 52.9 Å². The van der Waals surface area contributed by atoms with E-state index in [0.717, 1.165) is 23.3 Å². The first-order valence-electron chi connectivity index (χ1n) is 15.3. The van der Waals surface area contributed by atoms with E-state index >= 15 is 0 Å². The predicted octanol–water partition coefficient (Wildman–Crippen LogP) is 6.96. The van der Waals surface area contributed by atoms with Crippen molar-refractivity contribution in [3.63, 3.8) is 0 Å². The second-order valence-corrected chi connectivity index (χ2v) is 15.8. The molecular formula is C33H43N5O7S3. The second kappa shape index (κ2) is 16.8. The topological polar surface area (TPSA) is 190 Å². The SMILES string of the molecule is CCOC(=O)CCCCCNC(=O)Nc1cc(C)c(-c2cccc(S(=O)(=O)c3cc(C(=N)NC(=O)OC(C)(C)C)sc3SC)c2)c(N)c1. The Morgan fingerprint density at radius 2 is 1.79 bits per heavy atom. The smallest absolute Gasteiger partial charge is 0.413 e. The highest BCUT2D eigenvalue weighted by molar-refractivity contribution is 8.01. The van der Waals surface area contributed by atoms with Crippen LogP contribution >= 0.6 is 23.1 Å². The van der Waals surface area contributed by atoms with E-state index in [9.17, 15) is 22.8 Å². The second-order valence-electron chi connectivity index (χ2n) is 11.8. The Hall–Kier alpha value is -4.08. The zero-order valence-corrected chi connectivity index (χ0v) is 30.4. The average Bonchev–Trinajstić information content (AvgIpc) is 3.44. The standard InChI is InChI=1S/C33H43N5O7S3/c1-7-44-27(39)14-9-8-10-15-36-31(40)37-22-16-20(2)28(24(34)18-22)21-12-11-13-23(17-21)48(42,43)26-19-25(47-30(26)46-6)29(35)38-32(41)45-33(3,4)5/h11-13,16-19H,7-10,14-15,34H2,1-6H3,(H2,35,38,41)(H2,36,37,40). The summed E-state index contributed by atoms with van der Waals surface area (Å²) >= 11 is 2.31. The first kappa shape index (κ1) is 38.4. The third kappa shape index (κ3) is 10.7. The van der Waals surface area contributed by atoms with Crippen molar-refractivity contribution in [3.8, 4) is 11.1 Å². The summed E-state index contributed by atoms with van der Waals surface area (Å²) in [7, 11) is -4.03. The van der Waals surface area contributed by atoms with Gasteiger partial charge in [0.1, 0.15) is 11.4 Å². The van der Waals surface area contributed by atoms with Gasteiger partial charge in [-0.05, 0) is 95.2 Å². The zero-order chi connectivity index (χ0) is 35.6. The van der Waals surface area contributed by atoms with Crippen LogP contribution in [0.4, 0.5) is 21.0 Å². The van der Waals surface area contributed by atoms with Crippen LogP contribution in [0.25, 0.3) is 11.1 Å². The van der Waals surface area contributed by atoms with Crippen LogP contribution in [0, 0.1) is 12.3 Å². The number of amides is 3. The Kier molecular flexibility index (Phi) is 13.5. The molecule has 0 spiro atoms. The third-order valence-corrected chi connectivity index (χ3v) is 11.0. The summed E-state index contributed by atoms with van der Waals surface area (Å²) < 4.78 is 38.4. The van der Waals surface area contributed by atoms with Gasteiger partial charge < -0.3 is 25.8 Å². The number of carbonyl (C=O) groups excluding carboxylic acids is 3. The Balaban J connectivity index is 1.74.